The number of aromatic amines is 2. The normalized spacial score (nSPS) is 11.4. The van der Waals surface area contributed by atoms with Crippen molar-refractivity contribution in [2.75, 3.05) is 0 Å². The summed E-state index contributed by atoms with van der Waals surface area (Å²) in [5, 5.41) is 2.02. The number of H-pyrrole nitrogens is 2. The van der Waals surface area contributed by atoms with E-state index in [2.05, 4.69) is 19.9 Å². The molecule has 5 nitrogen and oxygen atoms in total. The molecule has 0 aliphatic carbocycles. The van der Waals surface area contributed by atoms with E-state index in [1.165, 1.54) is 0 Å². The van der Waals surface area contributed by atoms with Gasteiger partial charge in [0.1, 0.15) is 5.82 Å². The molecule has 0 atom stereocenters. The lowest BCUT2D eigenvalue weighted by Gasteiger charge is -2.07. The van der Waals surface area contributed by atoms with Crippen LogP contribution >= 0.6 is 23.2 Å². The number of halogens is 2. The van der Waals surface area contributed by atoms with Gasteiger partial charge in [0.2, 0.25) is 0 Å². The van der Waals surface area contributed by atoms with E-state index in [1.807, 2.05) is 42.5 Å². The fourth-order valence-electron chi connectivity index (χ4n) is 3.25. The summed E-state index contributed by atoms with van der Waals surface area (Å²) >= 11 is 12.3. The fraction of sp³-hybridized carbons (Fsp3) is 0. The second kappa shape index (κ2) is 6.48. The van der Waals surface area contributed by atoms with Crippen molar-refractivity contribution in [1.82, 2.24) is 19.9 Å². The zero-order valence-electron chi connectivity index (χ0n) is 14.3. The van der Waals surface area contributed by atoms with Crippen molar-refractivity contribution in [3.05, 3.63) is 81.2 Å². The predicted molar refractivity (Wildman–Crippen MR) is 113 cm³/mol. The molecule has 3 heterocycles. The van der Waals surface area contributed by atoms with Crippen molar-refractivity contribution >= 4 is 45.3 Å². The van der Waals surface area contributed by atoms with Crippen LogP contribution in [0.25, 0.3) is 44.6 Å². The van der Waals surface area contributed by atoms with E-state index < -0.39 is 0 Å². The molecule has 5 rings (SSSR count). The van der Waals surface area contributed by atoms with E-state index in [0.29, 0.717) is 27.1 Å². The molecular formula is C21H12Cl2N4O. The Morgan fingerprint density at radius 2 is 1.75 bits per heavy atom. The second-order valence-electron chi connectivity index (χ2n) is 6.40. The summed E-state index contributed by atoms with van der Waals surface area (Å²) in [4.78, 5) is 27.3. The summed E-state index contributed by atoms with van der Waals surface area (Å²) in [5.74, 6) is 0.478. The molecule has 5 aromatic rings. The molecule has 0 bridgehead atoms. The maximum Gasteiger partial charge on any atom is 0.259 e. The average Bonchev–Trinajstić information content (AvgIpc) is 3.11. The van der Waals surface area contributed by atoms with Gasteiger partial charge >= 0.3 is 0 Å². The smallest absolute Gasteiger partial charge is 0.259 e. The number of imidazole rings is 1. The first kappa shape index (κ1) is 17.0. The molecule has 3 aromatic heterocycles. The Labute approximate surface area is 169 Å². The zero-order valence-corrected chi connectivity index (χ0v) is 15.8. The Bertz CT molecular complexity index is 1390. The number of aromatic nitrogens is 4. The van der Waals surface area contributed by atoms with Gasteiger partial charge in [-0.05, 0) is 53.4 Å². The van der Waals surface area contributed by atoms with E-state index >= 15 is 0 Å². The molecule has 2 aromatic carbocycles. The maximum absolute atomic E-state index is 12.6. The van der Waals surface area contributed by atoms with Gasteiger partial charge in [0.15, 0.2) is 5.65 Å². The van der Waals surface area contributed by atoms with Crippen molar-refractivity contribution in [3.63, 3.8) is 0 Å². The molecule has 0 spiro atoms. The van der Waals surface area contributed by atoms with Crippen LogP contribution in [0.4, 0.5) is 0 Å². The molecule has 0 saturated carbocycles. The molecule has 2 N–H and O–H groups in total. The average molecular weight is 407 g/mol. The molecule has 0 aliphatic heterocycles. The molecule has 7 heteroatoms. The van der Waals surface area contributed by atoms with Crippen LogP contribution in [-0.4, -0.2) is 19.9 Å². The molecular weight excluding hydrogens is 395 g/mol. The van der Waals surface area contributed by atoms with Gasteiger partial charge in [0, 0.05) is 27.3 Å². The number of fused-ring (bicyclic) bond motifs is 2. The van der Waals surface area contributed by atoms with Crippen LogP contribution in [-0.2, 0) is 0 Å². The monoisotopic (exact) mass is 406 g/mol. The van der Waals surface area contributed by atoms with Gasteiger partial charge in [-0.3, -0.25) is 4.79 Å². The third-order valence-corrected chi connectivity index (χ3v) is 5.15. The highest BCUT2D eigenvalue weighted by molar-refractivity contribution is 6.36. The number of benzene rings is 2. The molecule has 28 heavy (non-hydrogen) atoms. The summed E-state index contributed by atoms with van der Waals surface area (Å²) in [6, 6.07) is 16.6. The summed E-state index contributed by atoms with van der Waals surface area (Å²) in [6.07, 6.45) is 1.67. The van der Waals surface area contributed by atoms with E-state index in [0.717, 1.165) is 27.5 Å². The van der Waals surface area contributed by atoms with Crippen LogP contribution in [0.3, 0.4) is 0 Å². The summed E-state index contributed by atoms with van der Waals surface area (Å²) in [5.41, 5.74) is 4.11. The number of pyridine rings is 2. The third-order valence-electron chi connectivity index (χ3n) is 4.60. The Hall–Kier alpha value is -3.15. The predicted octanol–water partition coefficient (Wildman–Crippen LogP) is 5.44. The largest absolute Gasteiger partial charge is 0.336 e. The van der Waals surface area contributed by atoms with Crippen LogP contribution in [0.15, 0.2) is 65.6 Å². The van der Waals surface area contributed by atoms with E-state index in [4.69, 9.17) is 23.2 Å². The summed E-state index contributed by atoms with van der Waals surface area (Å²) in [6.45, 7) is 0. The highest BCUT2D eigenvalue weighted by atomic mass is 35.5. The number of nitrogens with zero attached hydrogens (tertiary/aromatic N) is 2. The molecule has 0 amide bonds. The molecule has 136 valence electrons. The minimum absolute atomic E-state index is 0.219. The lowest BCUT2D eigenvalue weighted by atomic mass is 10.0. The first-order valence-corrected chi connectivity index (χ1v) is 9.28. The van der Waals surface area contributed by atoms with Crippen molar-refractivity contribution in [2.45, 2.75) is 0 Å². The van der Waals surface area contributed by atoms with Crippen LogP contribution in [0.1, 0.15) is 0 Å². The Kier molecular flexibility index (Phi) is 3.93. The van der Waals surface area contributed by atoms with Gasteiger partial charge in [-0.1, -0.05) is 35.3 Å². The Balaban J connectivity index is 1.69. The number of rotatable bonds is 2. The standard InChI is InChI=1S/C21H12Cl2N4O/c22-13-4-5-14(16(23)10-13)11-3-6-17-12(8-11)9-15(21(28)26-17)19-25-18-2-1-7-24-20(18)27-19/h1-10H,(H,26,28)(H,24,25,27). The number of nitrogens with one attached hydrogen (secondary N) is 2. The SMILES string of the molecule is O=c1[nH]c2ccc(-c3ccc(Cl)cc3Cl)cc2cc1-c1nc2ncccc2[nH]1. The summed E-state index contributed by atoms with van der Waals surface area (Å²) < 4.78 is 0. The Morgan fingerprint density at radius 1 is 0.857 bits per heavy atom. The van der Waals surface area contributed by atoms with Crippen molar-refractivity contribution < 1.29 is 0 Å². The van der Waals surface area contributed by atoms with Crippen LogP contribution < -0.4 is 5.56 Å². The maximum atomic E-state index is 12.6. The van der Waals surface area contributed by atoms with Gasteiger partial charge in [0.25, 0.3) is 5.56 Å². The van der Waals surface area contributed by atoms with E-state index in [9.17, 15) is 4.79 Å². The van der Waals surface area contributed by atoms with Crippen molar-refractivity contribution in [3.8, 4) is 22.5 Å². The third kappa shape index (κ3) is 2.85. The van der Waals surface area contributed by atoms with Gasteiger partial charge in [0.05, 0.1) is 11.1 Å². The molecule has 0 saturated heterocycles. The molecule has 0 unspecified atom stereocenters. The topological polar surface area (TPSA) is 74.4 Å². The summed E-state index contributed by atoms with van der Waals surface area (Å²) in [7, 11) is 0. The second-order valence-corrected chi connectivity index (χ2v) is 7.24. The van der Waals surface area contributed by atoms with Gasteiger partial charge < -0.3 is 9.97 Å². The number of hydrogen-bond donors (Lipinski definition) is 2. The lowest BCUT2D eigenvalue weighted by Crippen LogP contribution is -2.09. The molecule has 0 aliphatic rings. The van der Waals surface area contributed by atoms with Crippen LogP contribution in [0, 0.1) is 0 Å². The first-order valence-electron chi connectivity index (χ1n) is 8.52. The van der Waals surface area contributed by atoms with E-state index in [1.54, 1.807) is 18.3 Å². The first-order chi connectivity index (χ1) is 13.6. The Morgan fingerprint density at radius 3 is 2.57 bits per heavy atom. The minimum atomic E-state index is -0.219. The fourth-order valence-corrected chi connectivity index (χ4v) is 3.76. The van der Waals surface area contributed by atoms with Gasteiger partial charge in [-0.15, -0.1) is 0 Å². The quantitative estimate of drug-likeness (QED) is 0.409. The van der Waals surface area contributed by atoms with Crippen LogP contribution in [0.5, 0.6) is 0 Å². The van der Waals surface area contributed by atoms with Gasteiger partial charge in [-0.2, -0.15) is 0 Å². The molecule has 0 fully saturated rings. The minimum Gasteiger partial charge on any atom is -0.336 e. The van der Waals surface area contributed by atoms with Gasteiger partial charge in [-0.25, -0.2) is 9.97 Å². The highest BCUT2D eigenvalue weighted by Crippen LogP contribution is 2.32. The number of hydrogen-bond acceptors (Lipinski definition) is 3. The van der Waals surface area contributed by atoms with Crippen molar-refractivity contribution in [1.29, 1.82) is 0 Å². The van der Waals surface area contributed by atoms with Crippen molar-refractivity contribution in [2.24, 2.45) is 0 Å². The van der Waals surface area contributed by atoms with Crippen LogP contribution in [0.2, 0.25) is 10.0 Å². The highest BCUT2D eigenvalue weighted by Gasteiger charge is 2.12. The zero-order chi connectivity index (χ0) is 19.3. The lowest BCUT2D eigenvalue weighted by molar-refractivity contribution is 1.24. The van der Waals surface area contributed by atoms with E-state index in [-0.39, 0.29) is 5.56 Å². The molecule has 0 radical (unpaired) electrons.